The van der Waals surface area contributed by atoms with Gasteiger partial charge in [0.25, 0.3) is 0 Å². The van der Waals surface area contributed by atoms with E-state index in [1.54, 1.807) is 12.1 Å². The molecule has 0 bridgehead atoms. The van der Waals surface area contributed by atoms with Crippen molar-refractivity contribution in [2.24, 2.45) is 17.6 Å². The van der Waals surface area contributed by atoms with Crippen molar-refractivity contribution in [3.8, 4) is 5.69 Å². The van der Waals surface area contributed by atoms with Crippen LogP contribution in [0.1, 0.15) is 25.0 Å². The molecule has 130 valence electrons. The lowest BCUT2D eigenvalue weighted by Gasteiger charge is -2.29. The maximum Gasteiger partial charge on any atom is 0.123 e. The molecule has 0 radical (unpaired) electrons. The number of nitrogens with zero attached hydrogens (tertiary/aromatic N) is 3. The Morgan fingerprint density at radius 1 is 1.12 bits per heavy atom. The van der Waals surface area contributed by atoms with Gasteiger partial charge in [-0.25, -0.2) is 9.07 Å². The highest BCUT2D eigenvalue weighted by Gasteiger charge is 2.38. The van der Waals surface area contributed by atoms with Gasteiger partial charge in [-0.1, -0.05) is 6.42 Å². The van der Waals surface area contributed by atoms with Crippen LogP contribution in [0.15, 0.2) is 36.5 Å². The van der Waals surface area contributed by atoms with Gasteiger partial charge in [-0.3, -0.25) is 4.90 Å². The molecular formula is C18H24ClFN4. The number of nitrogens with two attached hydrogens (primary N) is 1. The van der Waals surface area contributed by atoms with E-state index >= 15 is 0 Å². The van der Waals surface area contributed by atoms with Gasteiger partial charge in [0, 0.05) is 31.9 Å². The van der Waals surface area contributed by atoms with Crippen molar-refractivity contribution in [1.29, 1.82) is 0 Å². The predicted molar refractivity (Wildman–Crippen MR) is 94.9 cm³/mol. The average Bonchev–Trinajstić information content (AvgIpc) is 3.16. The van der Waals surface area contributed by atoms with E-state index in [1.165, 1.54) is 31.4 Å². The fraction of sp³-hybridized carbons (Fsp3) is 0.500. The van der Waals surface area contributed by atoms with Crippen LogP contribution in [0.4, 0.5) is 4.39 Å². The first kappa shape index (κ1) is 17.4. The summed E-state index contributed by atoms with van der Waals surface area (Å²) in [6, 6.07) is 8.90. The summed E-state index contributed by atoms with van der Waals surface area (Å²) in [6.07, 6.45) is 5.56. The van der Waals surface area contributed by atoms with Crippen molar-refractivity contribution in [2.45, 2.75) is 31.8 Å². The van der Waals surface area contributed by atoms with E-state index in [1.807, 2.05) is 16.9 Å². The van der Waals surface area contributed by atoms with Crippen molar-refractivity contribution in [3.05, 3.63) is 48.0 Å². The smallest absolute Gasteiger partial charge is 0.123 e. The molecule has 4 nitrogen and oxygen atoms in total. The van der Waals surface area contributed by atoms with Gasteiger partial charge in [0.15, 0.2) is 0 Å². The summed E-state index contributed by atoms with van der Waals surface area (Å²) in [4.78, 5) is 2.50. The largest absolute Gasteiger partial charge is 0.327 e. The molecule has 2 fully saturated rings. The lowest BCUT2D eigenvalue weighted by atomic mass is 9.78. The zero-order chi connectivity index (χ0) is 15.8. The van der Waals surface area contributed by atoms with Gasteiger partial charge in [-0.2, -0.15) is 5.10 Å². The second-order valence-electron chi connectivity index (χ2n) is 6.92. The Balaban J connectivity index is 0.00000169. The number of halogens is 2. The van der Waals surface area contributed by atoms with E-state index in [9.17, 15) is 4.39 Å². The lowest BCUT2D eigenvalue weighted by molar-refractivity contribution is 0.259. The minimum absolute atomic E-state index is 0. The topological polar surface area (TPSA) is 47.1 Å². The Morgan fingerprint density at radius 3 is 2.67 bits per heavy atom. The first-order chi connectivity index (χ1) is 11.2. The highest BCUT2D eigenvalue weighted by Crippen LogP contribution is 2.36. The van der Waals surface area contributed by atoms with Crippen LogP contribution < -0.4 is 5.73 Å². The van der Waals surface area contributed by atoms with Crippen LogP contribution in [0.5, 0.6) is 0 Å². The van der Waals surface area contributed by atoms with E-state index in [0.29, 0.717) is 12.0 Å². The highest BCUT2D eigenvalue weighted by molar-refractivity contribution is 5.85. The summed E-state index contributed by atoms with van der Waals surface area (Å²) in [5, 5.41) is 4.41. The highest BCUT2D eigenvalue weighted by atomic mass is 35.5. The standard InChI is InChI=1S/C18H23FN4.ClH/c19-14-4-6-15(7-5-14)23-16(8-9-21-23)11-22-10-13-2-1-3-18(20)17(13)12-22;/h4-9,13,17-18H,1-3,10-12,20H2;1H. The van der Waals surface area contributed by atoms with Crippen LogP contribution in [-0.4, -0.2) is 33.8 Å². The van der Waals surface area contributed by atoms with Crippen molar-refractivity contribution < 1.29 is 4.39 Å². The summed E-state index contributed by atoms with van der Waals surface area (Å²) in [5.74, 6) is 1.17. The van der Waals surface area contributed by atoms with Crippen LogP contribution in [0.2, 0.25) is 0 Å². The molecule has 1 aliphatic heterocycles. The van der Waals surface area contributed by atoms with E-state index < -0.39 is 0 Å². The summed E-state index contributed by atoms with van der Waals surface area (Å²) in [7, 11) is 0. The minimum atomic E-state index is -0.222. The van der Waals surface area contributed by atoms with E-state index in [4.69, 9.17) is 5.73 Å². The molecule has 2 aliphatic rings. The Hall–Kier alpha value is -1.43. The molecule has 0 spiro atoms. The SMILES string of the molecule is Cl.NC1CCCC2CN(Cc3ccnn3-c3ccc(F)cc3)CC12. The van der Waals surface area contributed by atoms with Crippen molar-refractivity contribution in [1.82, 2.24) is 14.7 Å². The zero-order valence-corrected chi connectivity index (χ0v) is 14.5. The average molecular weight is 351 g/mol. The van der Waals surface area contributed by atoms with Crippen LogP contribution in [0.3, 0.4) is 0 Å². The molecule has 1 aromatic heterocycles. The van der Waals surface area contributed by atoms with Gasteiger partial charge in [0.05, 0.1) is 11.4 Å². The number of likely N-dealkylation sites (tertiary alicyclic amines) is 1. The van der Waals surface area contributed by atoms with Crippen LogP contribution in [0, 0.1) is 17.7 Å². The molecule has 4 rings (SSSR count). The van der Waals surface area contributed by atoms with Gasteiger partial charge in [-0.05, 0) is 55.0 Å². The fourth-order valence-electron chi connectivity index (χ4n) is 4.23. The molecule has 3 unspecified atom stereocenters. The monoisotopic (exact) mass is 350 g/mol. The molecule has 1 saturated heterocycles. The molecular weight excluding hydrogens is 327 g/mol. The number of aromatic nitrogens is 2. The molecule has 0 amide bonds. The van der Waals surface area contributed by atoms with Crippen LogP contribution >= 0.6 is 12.4 Å². The number of fused-ring (bicyclic) bond motifs is 1. The molecule has 3 atom stereocenters. The maximum atomic E-state index is 13.1. The Labute approximate surface area is 148 Å². The second kappa shape index (κ2) is 7.21. The van der Waals surface area contributed by atoms with Crippen LogP contribution in [0.25, 0.3) is 5.69 Å². The first-order valence-corrected chi connectivity index (χ1v) is 8.47. The third-order valence-electron chi connectivity index (χ3n) is 5.41. The Morgan fingerprint density at radius 2 is 1.92 bits per heavy atom. The van der Waals surface area contributed by atoms with E-state index in [0.717, 1.165) is 36.9 Å². The van der Waals surface area contributed by atoms with E-state index in [-0.39, 0.29) is 18.2 Å². The molecule has 1 aliphatic carbocycles. The quantitative estimate of drug-likeness (QED) is 0.925. The number of hydrogen-bond acceptors (Lipinski definition) is 3. The minimum Gasteiger partial charge on any atom is -0.327 e. The normalized spacial score (nSPS) is 26.8. The third-order valence-corrected chi connectivity index (χ3v) is 5.41. The molecule has 1 saturated carbocycles. The first-order valence-electron chi connectivity index (χ1n) is 8.47. The molecule has 2 aromatic rings. The maximum absolute atomic E-state index is 13.1. The fourth-order valence-corrected chi connectivity index (χ4v) is 4.23. The van der Waals surface area contributed by atoms with Crippen LogP contribution in [-0.2, 0) is 6.54 Å². The second-order valence-corrected chi connectivity index (χ2v) is 6.92. The number of benzene rings is 1. The van der Waals surface area contributed by atoms with Gasteiger partial charge >= 0.3 is 0 Å². The summed E-state index contributed by atoms with van der Waals surface area (Å²) in [6.45, 7) is 3.09. The third kappa shape index (κ3) is 3.34. The predicted octanol–water partition coefficient (Wildman–Crippen LogP) is 2.99. The molecule has 1 aromatic carbocycles. The summed E-state index contributed by atoms with van der Waals surface area (Å²) >= 11 is 0. The van der Waals surface area contributed by atoms with Crippen molar-refractivity contribution in [2.75, 3.05) is 13.1 Å². The van der Waals surface area contributed by atoms with Crippen molar-refractivity contribution in [3.63, 3.8) is 0 Å². The van der Waals surface area contributed by atoms with E-state index in [2.05, 4.69) is 10.00 Å². The molecule has 2 heterocycles. The number of hydrogen-bond donors (Lipinski definition) is 1. The summed E-state index contributed by atoms with van der Waals surface area (Å²) in [5.41, 5.74) is 8.36. The van der Waals surface area contributed by atoms with Crippen molar-refractivity contribution >= 4 is 12.4 Å². The van der Waals surface area contributed by atoms with Gasteiger partial charge < -0.3 is 5.73 Å². The summed E-state index contributed by atoms with van der Waals surface area (Å²) < 4.78 is 15.0. The number of rotatable bonds is 3. The lowest BCUT2D eigenvalue weighted by Crippen LogP contribution is -2.38. The molecule has 24 heavy (non-hydrogen) atoms. The molecule has 2 N–H and O–H groups in total. The van der Waals surface area contributed by atoms with Gasteiger partial charge in [0.2, 0.25) is 0 Å². The zero-order valence-electron chi connectivity index (χ0n) is 13.6. The molecule has 6 heteroatoms. The Kier molecular flexibility index (Phi) is 5.23. The Bertz CT molecular complexity index is 672. The van der Waals surface area contributed by atoms with Gasteiger partial charge in [0.1, 0.15) is 5.82 Å². The van der Waals surface area contributed by atoms with Gasteiger partial charge in [-0.15, -0.1) is 12.4 Å².